The van der Waals surface area contributed by atoms with E-state index in [0.717, 1.165) is 6.34 Å². The molecule has 43 heavy (non-hydrogen) atoms. The summed E-state index contributed by atoms with van der Waals surface area (Å²) >= 11 is 0. The monoisotopic (exact) mass is 595 g/mol. The fourth-order valence-corrected chi connectivity index (χ4v) is 4.32. The molecule has 2 amide bonds. The third kappa shape index (κ3) is 8.04. The number of hydrogen-bond acceptors (Lipinski definition) is 10. The molecule has 3 rings (SSSR count). The number of nitrogens with two attached hydrogens (primary N) is 1. The van der Waals surface area contributed by atoms with Crippen LogP contribution >= 0.6 is 0 Å². The number of aliphatic imine (C=N–C) groups is 1. The van der Waals surface area contributed by atoms with Crippen molar-refractivity contribution in [1.82, 2.24) is 15.6 Å². The number of ether oxygens (including phenoxy) is 3. The molecule has 0 bridgehead atoms. The van der Waals surface area contributed by atoms with Gasteiger partial charge in [0.15, 0.2) is 11.9 Å². The van der Waals surface area contributed by atoms with E-state index in [4.69, 9.17) is 25.4 Å². The average Bonchev–Trinajstić information content (AvgIpc) is 3.55. The van der Waals surface area contributed by atoms with Crippen LogP contribution in [-0.2, 0) is 35.8 Å². The number of H-pyrrole nitrogens is 1. The predicted octanol–water partition coefficient (Wildman–Crippen LogP) is 1.24. The summed E-state index contributed by atoms with van der Waals surface area (Å²) in [7, 11) is 0. The number of aliphatic hydroxyl groups excluding tert-OH is 1. The summed E-state index contributed by atoms with van der Waals surface area (Å²) in [5.74, 6) is -1.75. The van der Waals surface area contributed by atoms with Crippen molar-refractivity contribution in [2.24, 2.45) is 16.6 Å². The maximum Gasteiger partial charge on any atom is 0.323 e. The highest BCUT2D eigenvalue weighted by atomic mass is 16.6. The van der Waals surface area contributed by atoms with Gasteiger partial charge in [-0.05, 0) is 37.5 Å². The fraction of sp³-hybridized carbons (Fsp3) is 0.448. The van der Waals surface area contributed by atoms with Crippen LogP contribution in [0, 0.1) is 22.7 Å². The average molecular weight is 596 g/mol. The highest BCUT2D eigenvalue weighted by molar-refractivity contribution is 6.08. The Kier molecular flexibility index (Phi) is 11.1. The van der Waals surface area contributed by atoms with Gasteiger partial charge < -0.3 is 35.4 Å². The van der Waals surface area contributed by atoms with E-state index >= 15 is 0 Å². The molecule has 1 fully saturated rings. The van der Waals surface area contributed by atoms with Gasteiger partial charge in [0, 0.05) is 6.04 Å². The van der Waals surface area contributed by atoms with Gasteiger partial charge >= 0.3 is 18.0 Å². The van der Waals surface area contributed by atoms with Crippen molar-refractivity contribution in [3.05, 3.63) is 59.4 Å². The zero-order valence-corrected chi connectivity index (χ0v) is 24.4. The second-order valence-electron chi connectivity index (χ2n) is 10.6. The van der Waals surface area contributed by atoms with Gasteiger partial charge in [-0.3, -0.25) is 20.3 Å². The summed E-state index contributed by atoms with van der Waals surface area (Å²) in [6.45, 7) is 6.54. The molecule has 1 aromatic heterocycles. The number of nitrogens with zero attached hydrogens (tertiary/aromatic N) is 2. The molecule has 7 N–H and O–H groups in total. The lowest BCUT2D eigenvalue weighted by molar-refractivity contribution is -0.162. The first-order valence-electron chi connectivity index (χ1n) is 13.7. The number of aromatic nitrogens is 1. The summed E-state index contributed by atoms with van der Waals surface area (Å²) in [6.07, 6.45) is -3.73. The van der Waals surface area contributed by atoms with Crippen LogP contribution in [0.1, 0.15) is 44.6 Å². The van der Waals surface area contributed by atoms with E-state index in [0.29, 0.717) is 5.56 Å². The molecule has 0 spiro atoms. The van der Waals surface area contributed by atoms with Crippen LogP contribution in [0.3, 0.4) is 0 Å². The van der Waals surface area contributed by atoms with E-state index in [1.165, 1.54) is 12.1 Å². The maximum absolute atomic E-state index is 12.8. The number of nitrogens with one attached hydrogen (secondary N) is 4. The molecule has 0 radical (unpaired) electrons. The minimum atomic E-state index is -2.11. The number of esters is 2. The molecule has 0 unspecified atom stereocenters. The number of amidine groups is 1. The molecular formula is C29H37N7O7. The molecule has 230 valence electrons. The van der Waals surface area contributed by atoms with Crippen LogP contribution in [-0.4, -0.2) is 77.2 Å². The Morgan fingerprint density at radius 1 is 1.23 bits per heavy atom. The largest absolute Gasteiger partial charge is 0.463 e. The quantitative estimate of drug-likeness (QED) is 0.125. The van der Waals surface area contributed by atoms with Crippen molar-refractivity contribution >= 4 is 30.1 Å². The van der Waals surface area contributed by atoms with Gasteiger partial charge in [0.25, 0.3) is 0 Å². The Balaban J connectivity index is 1.89. The zero-order valence-electron chi connectivity index (χ0n) is 24.4. The van der Waals surface area contributed by atoms with Crippen molar-refractivity contribution in [2.75, 3.05) is 6.61 Å². The number of carbonyl (C=O) groups is 3. The Morgan fingerprint density at radius 3 is 2.53 bits per heavy atom. The number of benzene rings is 1. The molecule has 2 aromatic rings. The maximum atomic E-state index is 12.8. The summed E-state index contributed by atoms with van der Waals surface area (Å²) in [5.41, 5.74) is 4.79. The van der Waals surface area contributed by atoms with Gasteiger partial charge in [0.2, 0.25) is 5.60 Å². The molecule has 1 saturated heterocycles. The molecule has 0 saturated carbocycles. The number of carbonyl (C=O) groups excluding carboxylic acids is 3. The van der Waals surface area contributed by atoms with Crippen molar-refractivity contribution in [2.45, 2.75) is 70.1 Å². The van der Waals surface area contributed by atoms with Crippen molar-refractivity contribution < 1.29 is 33.7 Å². The van der Waals surface area contributed by atoms with Crippen molar-refractivity contribution in [3.8, 4) is 6.07 Å². The molecule has 14 heteroatoms. The Labute approximate surface area is 249 Å². The molecular weight excluding hydrogens is 558 g/mol. The van der Waals surface area contributed by atoms with Gasteiger partial charge in [0.1, 0.15) is 37.3 Å². The number of aromatic amines is 1. The van der Waals surface area contributed by atoms with E-state index in [2.05, 4.69) is 20.6 Å². The van der Waals surface area contributed by atoms with E-state index < -0.39 is 54.5 Å². The number of rotatable bonds is 11. The van der Waals surface area contributed by atoms with Gasteiger partial charge in [-0.25, -0.2) is 9.79 Å². The first-order chi connectivity index (χ1) is 20.4. The topological polar surface area (TPSA) is 225 Å². The molecule has 14 nitrogen and oxygen atoms in total. The minimum absolute atomic E-state index is 0.0330. The number of nitriles is 1. The standard InChI is InChI=1S/C29H37N7O7/c1-16(2)23(32)27(39)42-24-20(13-41-22(37)12-18-8-6-5-7-9-18)43-29(14-30,25(24)38)21-11-10-19(35-21)26(33-15-31)36-28(40)34-17(3)4/h5-11,15-17,20,23-25,35,38H,12-13,32H2,1-4H3,(H3,31,33,34,36,40)/t20-,23+,24-,25-,29+/m1/s1. The lowest BCUT2D eigenvalue weighted by Crippen LogP contribution is -2.46. The van der Waals surface area contributed by atoms with Crippen LogP contribution in [0.2, 0.25) is 0 Å². The van der Waals surface area contributed by atoms with Gasteiger partial charge in [0.05, 0.1) is 17.8 Å². The zero-order chi connectivity index (χ0) is 31.7. The van der Waals surface area contributed by atoms with Gasteiger partial charge in [-0.1, -0.05) is 44.2 Å². The van der Waals surface area contributed by atoms with E-state index in [9.17, 15) is 24.8 Å². The van der Waals surface area contributed by atoms with Crippen LogP contribution < -0.4 is 16.4 Å². The van der Waals surface area contributed by atoms with Crippen LogP contribution in [0.4, 0.5) is 4.79 Å². The first-order valence-corrected chi connectivity index (χ1v) is 13.7. The molecule has 1 aliphatic heterocycles. The lowest BCUT2D eigenvalue weighted by atomic mass is 9.92. The molecule has 2 heterocycles. The fourth-order valence-electron chi connectivity index (χ4n) is 4.32. The third-order valence-corrected chi connectivity index (χ3v) is 6.63. The summed E-state index contributed by atoms with van der Waals surface area (Å²) in [5, 5.41) is 34.2. The SMILES string of the molecule is CC(C)NC(=O)N/C(=N/C=N)c1ccc([C@]2(C#N)O[C@H](COC(=O)Cc3ccccc3)[C@@H](OC(=O)[C@@H](N)C(C)C)[C@H]2O)[nH]1. The third-order valence-electron chi connectivity index (χ3n) is 6.63. The van der Waals surface area contributed by atoms with Crippen LogP contribution in [0.25, 0.3) is 0 Å². The normalized spacial score (nSPS) is 22.5. The minimum Gasteiger partial charge on any atom is -0.463 e. The number of aliphatic hydroxyl groups is 1. The molecule has 1 aromatic carbocycles. The molecule has 1 aliphatic rings. The molecule has 5 atom stereocenters. The van der Waals surface area contributed by atoms with E-state index in [-0.39, 0.29) is 35.6 Å². The van der Waals surface area contributed by atoms with Crippen LogP contribution in [0.15, 0.2) is 47.5 Å². The van der Waals surface area contributed by atoms with Gasteiger partial charge in [-0.2, -0.15) is 5.26 Å². The predicted molar refractivity (Wildman–Crippen MR) is 155 cm³/mol. The van der Waals surface area contributed by atoms with Gasteiger partial charge in [-0.15, -0.1) is 0 Å². The highest BCUT2D eigenvalue weighted by Crippen LogP contribution is 2.41. The summed E-state index contributed by atoms with van der Waals surface area (Å²) in [6, 6.07) is 12.0. The molecule has 0 aliphatic carbocycles. The smallest absolute Gasteiger partial charge is 0.323 e. The summed E-state index contributed by atoms with van der Waals surface area (Å²) in [4.78, 5) is 44.4. The van der Waals surface area contributed by atoms with E-state index in [1.54, 1.807) is 52.0 Å². The summed E-state index contributed by atoms with van der Waals surface area (Å²) < 4.78 is 17.0. The number of hydrogen-bond donors (Lipinski definition) is 6. The Bertz CT molecular complexity index is 1370. The second kappa shape index (κ2) is 14.5. The number of amides is 2. The second-order valence-corrected chi connectivity index (χ2v) is 10.6. The number of urea groups is 1. The lowest BCUT2D eigenvalue weighted by Gasteiger charge is -2.25. The van der Waals surface area contributed by atoms with E-state index in [1.807, 2.05) is 12.1 Å². The van der Waals surface area contributed by atoms with Crippen molar-refractivity contribution in [1.29, 1.82) is 10.7 Å². The van der Waals surface area contributed by atoms with Crippen molar-refractivity contribution in [3.63, 3.8) is 0 Å². The first kappa shape index (κ1) is 32.9. The van der Waals surface area contributed by atoms with Crippen LogP contribution in [0.5, 0.6) is 0 Å². The highest BCUT2D eigenvalue weighted by Gasteiger charge is 2.59. The Morgan fingerprint density at radius 2 is 1.93 bits per heavy atom. The Hall–Kier alpha value is -4.58.